The Balaban J connectivity index is 1.45. The molecule has 0 aromatic heterocycles. The molecule has 55 heavy (non-hydrogen) atoms. The fourth-order valence-electron chi connectivity index (χ4n) is 7.36. The maximum Gasteiger partial charge on any atom is 0.262 e. The Kier molecular flexibility index (Phi) is 12.4. The monoisotopic (exact) mass is 782 g/mol. The molecule has 0 bridgehead atoms. The zero-order valence-corrected chi connectivity index (χ0v) is 36.3. The summed E-state index contributed by atoms with van der Waals surface area (Å²) in [7, 11) is 0.927. The van der Waals surface area contributed by atoms with Gasteiger partial charge in [-0.3, -0.25) is 9.59 Å². The maximum atomic E-state index is 13.6. The molecule has 2 aromatic rings. The standard InChI is InChI=1S/C42H54N4O7Si2/c1-25(23-45-39(47)31(21-43)29-19-41(3,4)33-17-37(51-9)35(49-7)15-27(29)33)54(11,12)53-55(13,14)26(2)24-46-40(48)32(22-44)30-20-42(5,6)34-18-38(52-10)36(50-8)16-28(30)34/h15-18H,1-2,19-20,23-24H2,3-14H3,(H,45,47)(H,46,48)/b31-29+,32-30+. The van der Waals surface area contributed by atoms with Gasteiger partial charge in [-0.15, -0.1) is 0 Å². The van der Waals surface area contributed by atoms with Crippen LogP contribution < -0.4 is 29.6 Å². The molecule has 0 unspecified atom stereocenters. The minimum absolute atomic E-state index is 0.0429. The van der Waals surface area contributed by atoms with Crippen molar-refractivity contribution < 1.29 is 32.7 Å². The van der Waals surface area contributed by atoms with E-state index in [1.807, 2.05) is 50.5 Å². The average Bonchev–Trinajstić information content (AvgIpc) is 3.54. The zero-order valence-electron chi connectivity index (χ0n) is 34.3. The number of carbonyl (C=O) groups excluding carboxylic acids is 2. The fraction of sp³-hybridized carbons (Fsp3) is 0.429. The summed E-state index contributed by atoms with van der Waals surface area (Å²) in [6.07, 6.45) is 1.000. The predicted molar refractivity (Wildman–Crippen MR) is 220 cm³/mol. The molecule has 2 amide bonds. The molecule has 0 aliphatic heterocycles. The molecule has 0 spiro atoms. The zero-order chi connectivity index (χ0) is 41.3. The molecule has 0 atom stereocenters. The summed E-state index contributed by atoms with van der Waals surface area (Å²) in [5, 5.41) is 27.7. The second-order valence-corrected chi connectivity index (χ2v) is 24.5. The number of hydrogen-bond donors (Lipinski definition) is 2. The van der Waals surface area contributed by atoms with Gasteiger partial charge in [0, 0.05) is 13.1 Å². The molecular weight excluding hydrogens is 729 g/mol. The van der Waals surface area contributed by atoms with Crippen LogP contribution in [0, 0.1) is 22.7 Å². The van der Waals surface area contributed by atoms with Crippen LogP contribution in [0.1, 0.15) is 62.8 Å². The Hall–Kier alpha value is -5.09. The van der Waals surface area contributed by atoms with Gasteiger partial charge in [-0.25, -0.2) is 0 Å². The molecule has 0 saturated heterocycles. The summed E-state index contributed by atoms with van der Waals surface area (Å²) >= 11 is 0. The predicted octanol–water partition coefficient (Wildman–Crippen LogP) is 7.19. The van der Waals surface area contributed by atoms with Gasteiger partial charge in [-0.05, 0) is 118 Å². The van der Waals surface area contributed by atoms with Gasteiger partial charge in [0.05, 0.1) is 28.4 Å². The van der Waals surface area contributed by atoms with Gasteiger partial charge < -0.3 is 33.7 Å². The number of nitrogens with zero attached hydrogens (tertiary/aromatic N) is 2. The molecule has 2 aliphatic rings. The Morgan fingerprint density at radius 1 is 0.655 bits per heavy atom. The van der Waals surface area contributed by atoms with Crippen LogP contribution >= 0.6 is 0 Å². The third-order valence-electron chi connectivity index (χ3n) is 10.8. The first-order valence-electron chi connectivity index (χ1n) is 18.1. The molecule has 13 heteroatoms. The number of carbonyl (C=O) groups is 2. The highest BCUT2D eigenvalue weighted by Crippen LogP contribution is 2.51. The molecule has 2 N–H and O–H groups in total. The highest BCUT2D eigenvalue weighted by Gasteiger charge is 2.41. The van der Waals surface area contributed by atoms with Crippen LogP contribution in [0.2, 0.25) is 26.2 Å². The first kappa shape index (κ1) is 42.7. The molecule has 2 aromatic carbocycles. The third-order valence-corrected chi connectivity index (χ3v) is 18.7. The van der Waals surface area contributed by atoms with Crippen LogP contribution in [0.3, 0.4) is 0 Å². The molecule has 0 heterocycles. The van der Waals surface area contributed by atoms with Crippen molar-refractivity contribution in [3.05, 3.63) is 81.2 Å². The third kappa shape index (κ3) is 8.44. The van der Waals surface area contributed by atoms with Crippen LogP contribution in [-0.4, -0.2) is 70.0 Å². The molecule has 4 rings (SSSR count). The number of allylic oxidation sites excluding steroid dienone is 2. The lowest BCUT2D eigenvalue weighted by atomic mass is 9.86. The van der Waals surface area contributed by atoms with Crippen LogP contribution in [0.4, 0.5) is 0 Å². The Morgan fingerprint density at radius 2 is 0.964 bits per heavy atom. The second kappa shape index (κ2) is 15.9. The summed E-state index contributed by atoms with van der Waals surface area (Å²) in [6, 6.07) is 11.8. The minimum atomic E-state index is -2.66. The first-order chi connectivity index (χ1) is 25.6. The van der Waals surface area contributed by atoms with E-state index in [0.717, 1.165) is 32.6 Å². The van der Waals surface area contributed by atoms with E-state index in [9.17, 15) is 20.1 Å². The van der Waals surface area contributed by atoms with Crippen molar-refractivity contribution in [2.24, 2.45) is 0 Å². The molecule has 0 saturated carbocycles. The van der Waals surface area contributed by atoms with Crippen molar-refractivity contribution in [1.29, 1.82) is 10.5 Å². The number of ether oxygens (including phenoxy) is 4. The smallest absolute Gasteiger partial charge is 0.262 e. The van der Waals surface area contributed by atoms with E-state index in [0.29, 0.717) is 47.0 Å². The minimum Gasteiger partial charge on any atom is -0.493 e. The molecule has 0 fully saturated rings. The summed E-state index contributed by atoms with van der Waals surface area (Å²) in [5.74, 6) is 1.25. The number of fused-ring (bicyclic) bond motifs is 2. The van der Waals surface area contributed by atoms with E-state index >= 15 is 0 Å². The van der Waals surface area contributed by atoms with Crippen molar-refractivity contribution in [2.75, 3.05) is 41.5 Å². The van der Waals surface area contributed by atoms with Gasteiger partial charge in [0.25, 0.3) is 11.8 Å². The van der Waals surface area contributed by atoms with E-state index < -0.39 is 28.4 Å². The van der Waals surface area contributed by atoms with Crippen molar-refractivity contribution in [3.8, 4) is 35.1 Å². The SMILES string of the molecule is C=C(CNC(=O)/C(C#N)=C1\CC(C)(C)c2cc(OC)c(OC)cc21)[Si](C)(C)O[Si](C)(C)C(=C)CNC(=O)/C(C#N)=C1\CC(C)(C)c2cc(OC)c(OC)cc21. The largest absolute Gasteiger partial charge is 0.493 e. The van der Waals surface area contributed by atoms with Gasteiger partial charge in [-0.2, -0.15) is 10.5 Å². The van der Waals surface area contributed by atoms with Crippen LogP contribution in [0.5, 0.6) is 23.0 Å². The number of benzene rings is 2. The quantitative estimate of drug-likeness (QED) is 0.115. The maximum absolute atomic E-state index is 13.6. The molecule has 0 radical (unpaired) electrons. The van der Waals surface area contributed by atoms with E-state index in [1.54, 1.807) is 28.4 Å². The Bertz CT molecular complexity index is 1950. The number of hydrogen-bond acceptors (Lipinski definition) is 9. The van der Waals surface area contributed by atoms with Gasteiger partial charge in [0.15, 0.2) is 23.0 Å². The number of amides is 2. The van der Waals surface area contributed by atoms with Crippen LogP contribution in [0.25, 0.3) is 11.1 Å². The number of methoxy groups -OCH3 is 4. The highest BCUT2D eigenvalue weighted by molar-refractivity contribution is 6.91. The van der Waals surface area contributed by atoms with E-state index in [2.05, 4.69) is 63.6 Å². The van der Waals surface area contributed by atoms with Crippen molar-refractivity contribution in [1.82, 2.24) is 10.6 Å². The lowest BCUT2D eigenvalue weighted by molar-refractivity contribution is -0.117. The lowest BCUT2D eigenvalue weighted by Crippen LogP contribution is -2.50. The van der Waals surface area contributed by atoms with Gasteiger partial charge in [-0.1, -0.05) is 40.9 Å². The second-order valence-electron chi connectivity index (χ2n) is 16.3. The van der Waals surface area contributed by atoms with E-state index in [1.165, 1.54) is 0 Å². The topological polar surface area (TPSA) is 152 Å². The molecular formula is C42H54N4O7Si2. The summed E-state index contributed by atoms with van der Waals surface area (Å²) in [5.41, 5.74) is 4.28. The molecule has 2 aliphatic carbocycles. The van der Waals surface area contributed by atoms with E-state index in [-0.39, 0.29) is 35.1 Å². The van der Waals surface area contributed by atoms with Crippen LogP contribution in [-0.2, 0) is 24.5 Å². The highest BCUT2D eigenvalue weighted by atomic mass is 28.4. The number of nitriles is 2. The number of rotatable bonds is 14. The average molecular weight is 783 g/mol. The lowest BCUT2D eigenvalue weighted by Gasteiger charge is -2.36. The van der Waals surface area contributed by atoms with Crippen molar-refractivity contribution in [2.45, 2.75) is 77.6 Å². The summed E-state index contributed by atoms with van der Waals surface area (Å²) in [4.78, 5) is 27.2. The van der Waals surface area contributed by atoms with Gasteiger partial charge in [0.1, 0.15) is 23.3 Å². The first-order valence-corrected chi connectivity index (χ1v) is 23.9. The van der Waals surface area contributed by atoms with E-state index in [4.69, 9.17) is 23.1 Å². The Labute approximate surface area is 327 Å². The normalized spacial score (nSPS) is 17.1. The molecule has 292 valence electrons. The number of nitrogens with one attached hydrogen (secondary N) is 2. The summed E-state index contributed by atoms with van der Waals surface area (Å²) in [6.45, 7) is 25.1. The van der Waals surface area contributed by atoms with Crippen LogP contribution in [0.15, 0.2) is 59.0 Å². The van der Waals surface area contributed by atoms with Crippen molar-refractivity contribution in [3.63, 3.8) is 0 Å². The van der Waals surface area contributed by atoms with Gasteiger partial charge in [0.2, 0.25) is 16.6 Å². The van der Waals surface area contributed by atoms with Crippen molar-refractivity contribution >= 4 is 39.6 Å². The van der Waals surface area contributed by atoms with Gasteiger partial charge >= 0.3 is 0 Å². The molecule has 11 nitrogen and oxygen atoms in total. The Morgan fingerprint density at radius 3 is 1.25 bits per heavy atom. The fourth-order valence-corrected chi connectivity index (χ4v) is 14.6. The summed E-state index contributed by atoms with van der Waals surface area (Å²) < 4.78 is 28.9.